The van der Waals surface area contributed by atoms with E-state index in [-0.39, 0.29) is 0 Å². The molecular weight excluding hydrogens is 162 g/mol. The normalized spacial score (nSPS) is 23.0. The lowest BCUT2D eigenvalue weighted by atomic mass is 10.2. The van der Waals surface area contributed by atoms with Gasteiger partial charge in [-0.25, -0.2) is 8.93 Å². The Morgan fingerprint density at radius 3 is 2.73 bits per heavy atom. The zero-order valence-corrected chi connectivity index (χ0v) is 7.40. The Morgan fingerprint density at radius 1 is 1.64 bits per heavy atom. The van der Waals surface area contributed by atoms with E-state index in [4.69, 9.17) is 4.55 Å². The quantitative estimate of drug-likeness (QED) is 0.483. The van der Waals surface area contributed by atoms with E-state index in [2.05, 4.69) is 10.6 Å². The highest BCUT2D eigenvalue weighted by atomic mass is 32.2. The van der Waals surface area contributed by atoms with Crippen molar-refractivity contribution >= 4 is 15.9 Å². The van der Waals surface area contributed by atoms with Crippen LogP contribution in [-0.2, 0) is 9.99 Å². The average molecular weight is 177 g/mol. The number of nitrogens with one attached hydrogen (secondary N) is 1. The molecule has 0 saturated heterocycles. The molecule has 66 valence electrons. The maximum absolute atomic E-state index is 10.6. The summed E-state index contributed by atoms with van der Waals surface area (Å²) in [6, 6.07) is 0. The molecule has 0 aromatic carbocycles. The topological polar surface area (TPSA) is 49.3 Å². The molecule has 2 N–H and O–H groups in total. The van der Waals surface area contributed by atoms with Crippen molar-refractivity contribution in [3.05, 3.63) is 0 Å². The Kier molecular flexibility index (Phi) is 2.92. The van der Waals surface area contributed by atoms with Crippen molar-refractivity contribution in [2.45, 2.75) is 25.7 Å². The summed E-state index contributed by atoms with van der Waals surface area (Å²) in [7, 11) is -2.95. The number of rotatable bonds is 5. The maximum atomic E-state index is 10.6. The molecule has 0 aliphatic heterocycles. The van der Waals surface area contributed by atoms with E-state index < -0.39 is 9.99 Å². The molecule has 4 heteroatoms. The molecule has 1 aliphatic carbocycles. The third-order valence-electron chi connectivity index (χ3n) is 1.81. The van der Waals surface area contributed by atoms with E-state index in [0.29, 0.717) is 6.54 Å². The molecule has 1 fully saturated rings. The minimum Gasteiger partial charge on any atom is -0.303 e. The van der Waals surface area contributed by atoms with E-state index in [1.807, 2.05) is 0 Å². The highest BCUT2D eigenvalue weighted by Crippen LogP contribution is 2.33. The molecule has 1 atom stereocenters. The predicted octanol–water partition coefficient (Wildman–Crippen LogP) is 0.871. The third kappa shape index (κ3) is 5.24. The summed E-state index contributed by atoms with van der Waals surface area (Å²) in [5, 5.41) is 0. The third-order valence-corrected chi connectivity index (χ3v) is 2.47. The van der Waals surface area contributed by atoms with Crippen molar-refractivity contribution in [2.75, 3.05) is 6.54 Å². The summed E-state index contributed by atoms with van der Waals surface area (Å²) in [4.78, 5) is 0. The molecule has 0 bridgehead atoms. The summed E-state index contributed by atoms with van der Waals surface area (Å²) in [6.45, 7) is 0.606. The van der Waals surface area contributed by atoms with Gasteiger partial charge in [0.25, 0.3) is 0 Å². The van der Waals surface area contributed by atoms with Crippen molar-refractivity contribution in [3.8, 4) is 0 Å². The molecule has 0 aromatic heterocycles. The van der Waals surface area contributed by atoms with Gasteiger partial charge >= 0.3 is 0 Å². The minimum absolute atomic E-state index is 0.606. The van der Waals surface area contributed by atoms with Crippen LogP contribution >= 0.6 is 0 Å². The summed E-state index contributed by atoms with van der Waals surface area (Å²) < 4.78 is 21.8. The van der Waals surface area contributed by atoms with Gasteiger partial charge < -0.3 is 4.55 Å². The van der Waals surface area contributed by atoms with Crippen LogP contribution < -0.4 is 4.72 Å². The first kappa shape index (κ1) is 9.03. The highest BCUT2D eigenvalue weighted by Gasteiger charge is 2.19. The molecule has 0 amide bonds. The molecule has 0 aromatic rings. The lowest BCUT2D eigenvalue weighted by Gasteiger charge is -2.02. The van der Waals surface area contributed by atoms with Crippen LogP contribution in [0.2, 0.25) is 0 Å². The Labute approximate surface area is 68.2 Å². The Morgan fingerprint density at radius 2 is 2.27 bits per heavy atom. The molecular formula is C7H15NO2S. The van der Waals surface area contributed by atoms with Crippen LogP contribution in [0.1, 0.15) is 25.7 Å². The fourth-order valence-electron chi connectivity index (χ4n) is 1.03. The van der Waals surface area contributed by atoms with Gasteiger partial charge in [-0.2, -0.15) is 0 Å². The summed E-state index contributed by atoms with van der Waals surface area (Å²) in [5.74, 6) is 3.97. The van der Waals surface area contributed by atoms with Gasteiger partial charge in [-0.3, -0.25) is 0 Å². The second-order valence-corrected chi connectivity index (χ2v) is 4.69. The molecule has 11 heavy (non-hydrogen) atoms. The smallest absolute Gasteiger partial charge is 0.138 e. The second kappa shape index (κ2) is 3.56. The molecule has 1 aliphatic rings. The van der Waals surface area contributed by atoms with Crippen molar-refractivity contribution in [1.82, 2.24) is 4.72 Å². The van der Waals surface area contributed by atoms with Crippen LogP contribution in [0.5, 0.6) is 0 Å². The van der Waals surface area contributed by atoms with Crippen LogP contribution in [-0.4, -0.2) is 21.2 Å². The lowest BCUT2D eigenvalue weighted by Crippen LogP contribution is -2.23. The highest BCUT2D eigenvalue weighted by molar-refractivity contribution is 7.93. The Hall–Kier alpha value is -0.0600. The van der Waals surface area contributed by atoms with E-state index in [9.17, 15) is 4.21 Å². The Balaban J connectivity index is 1.95. The number of hydrogen-bond acceptors (Lipinski definition) is 1. The van der Waals surface area contributed by atoms with E-state index in [1.165, 1.54) is 19.3 Å². The van der Waals surface area contributed by atoms with Gasteiger partial charge in [0.1, 0.15) is 9.99 Å². The van der Waals surface area contributed by atoms with Gasteiger partial charge in [-0.1, -0.05) is 12.8 Å². The fourth-order valence-corrected chi connectivity index (χ4v) is 1.49. The molecule has 0 spiro atoms. The fraction of sp³-hybridized carbons (Fsp3) is 0.857. The summed E-state index contributed by atoms with van der Waals surface area (Å²) >= 11 is 0. The Bertz CT molecular complexity index is 206. The van der Waals surface area contributed by atoms with Crippen LogP contribution in [0, 0.1) is 5.92 Å². The van der Waals surface area contributed by atoms with Crippen molar-refractivity contribution < 1.29 is 8.76 Å². The van der Waals surface area contributed by atoms with Gasteiger partial charge in [0.15, 0.2) is 0 Å². The number of hydrogen-bond donors (Lipinski definition) is 2. The van der Waals surface area contributed by atoms with Gasteiger partial charge in [-0.15, -0.1) is 0 Å². The van der Waals surface area contributed by atoms with Crippen molar-refractivity contribution in [3.63, 3.8) is 0 Å². The largest absolute Gasteiger partial charge is 0.303 e. The van der Waals surface area contributed by atoms with Gasteiger partial charge in [0.05, 0.1) is 0 Å². The predicted molar refractivity (Wildman–Crippen MR) is 47.9 cm³/mol. The molecule has 1 rings (SSSR count). The first-order valence-electron chi connectivity index (χ1n) is 3.92. The summed E-state index contributed by atoms with van der Waals surface area (Å²) in [6.07, 6.45) is 4.86. The van der Waals surface area contributed by atoms with Crippen LogP contribution in [0.3, 0.4) is 0 Å². The van der Waals surface area contributed by atoms with Crippen LogP contribution in [0.25, 0.3) is 0 Å². The zero-order chi connectivity index (χ0) is 8.32. The van der Waals surface area contributed by atoms with Crippen molar-refractivity contribution in [1.29, 1.82) is 0 Å². The van der Waals surface area contributed by atoms with E-state index in [0.717, 1.165) is 12.3 Å². The molecule has 0 radical (unpaired) electrons. The van der Waals surface area contributed by atoms with Crippen molar-refractivity contribution in [2.24, 2.45) is 5.92 Å². The monoisotopic (exact) mass is 177 g/mol. The van der Waals surface area contributed by atoms with Gasteiger partial charge in [0, 0.05) is 6.54 Å². The molecule has 0 heterocycles. The molecule has 1 unspecified atom stereocenters. The molecule has 3 nitrogen and oxygen atoms in total. The van der Waals surface area contributed by atoms with Gasteiger partial charge in [-0.05, 0) is 24.6 Å². The molecule has 1 saturated carbocycles. The maximum Gasteiger partial charge on any atom is 0.138 e. The average Bonchev–Trinajstić information content (AvgIpc) is 2.60. The van der Waals surface area contributed by atoms with E-state index >= 15 is 0 Å². The minimum atomic E-state index is -2.95. The first-order chi connectivity index (χ1) is 5.08. The van der Waals surface area contributed by atoms with Gasteiger partial charge in [0.2, 0.25) is 0 Å². The van der Waals surface area contributed by atoms with E-state index in [1.54, 1.807) is 0 Å². The zero-order valence-electron chi connectivity index (χ0n) is 6.58. The first-order valence-corrected chi connectivity index (χ1v) is 5.60. The lowest BCUT2D eigenvalue weighted by molar-refractivity contribution is 0.538. The summed E-state index contributed by atoms with van der Waals surface area (Å²) in [5.41, 5.74) is 0. The van der Waals surface area contributed by atoms with Crippen LogP contribution in [0.15, 0.2) is 0 Å². The second-order valence-electron chi connectivity index (χ2n) is 3.12. The van der Waals surface area contributed by atoms with Crippen LogP contribution in [0.4, 0.5) is 0 Å². The standard InChI is InChI=1S/C7H15NO2S/c1-11(9,10)8-6-2-3-7-4-5-7/h7H,1-6H2,(H2,8,9,10). The SMILES string of the molecule is C=S(=O)(O)NCCCC1CC1.